The summed E-state index contributed by atoms with van der Waals surface area (Å²) in [4.78, 5) is 31.6. The van der Waals surface area contributed by atoms with Crippen LogP contribution in [0.1, 0.15) is 77.7 Å². The zero-order valence-corrected chi connectivity index (χ0v) is 20.9. The highest BCUT2D eigenvalue weighted by Crippen LogP contribution is 2.67. The van der Waals surface area contributed by atoms with Gasteiger partial charge in [0, 0.05) is 37.2 Å². The minimum Gasteiger partial charge on any atom is -0.319 e. The van der Waals surface area contributed by atoms with Crippen molar-refractivity contribution in [1.29, 1.82) is 5.26 Å². The number of hydrogen-bond donors (Lipinski definition) is 1. The first-order valence-corrected chi connectivity index (χ1v) is 12.8. The fraction of sp³-hybridized carbons (Fsp3) is 0.643. The smallest absolute Gasteiger partial charge is 0.226 e. The predicted octanol–water partition coefficient (Wildman–Crippen LogP) is 5.28. The molecule has 3 fully saturated rings. The van der Waals surface area contributed by atoms with Crippen molar-refractivity contribution in [2.24, 2.45) is 34.5 Å². The number of rotatable bonds is 3. The number of nitriles is 1. The maximum atomic E-state index is 13.0. The Kier molecular flexibility index (Phi) is 5.58. The van der Waals surface area contributed by atoms with E-state index < -0.39 is 0 Å². The van der Waals surface area contributed by atoms with E-state index >= 15 is 0 Å². The first-order valence-electron chi connectivity index (χ1n) is 12.8. The summed E-state index contributed by atoms with van der Waals surface area (Å²) in [7, 11) is 1.97. The molecule has 3 aliphatic carbocycles. The molecular weight excluding hydrogens is 424 g/mol. The fourth-order valence-corrected chi connectivity index (χ4v) is 8.55. The van der Waals surface area contributed by atoms with E-state index in [0.29, 0.717) is 47.9 Å². The largest absolute Gasteiger partial charge is 0.319 e. The zero-order valence-electron chi connectivity index (χ0n) is 20.9. The number of pyridine rings is 1. The van der Waals surface area contributed by atoms with Crippen LogP contribution in [-0.2, 0) is 9.59 Å². The molecular formula is C28H36N4O2. The van der Waals surface area contributed by atoms with Crippen molar-refractivity contribution in [3.63, 3.8) is 0 Å². The Hall–Kier alpha value is -2.68. The number of carbonyl (C=O) groups is 2. The van der Waals surface area contributed by atoms with Crippen LogP contribution in [0.15, 0.2) is 29.6 Å². The van der Waals surface area contributed by atoms with Crippen LogP contribution >= 0.6 is 0 Å². The molecule has 1 N–H and O–H groups in total. The lowest BCUT2D eigenvalue weighted by molar-refractivity contribution is -0.136. The van der Waals surface area contributed by atoms with Gasteiger partial charge in [-0.25, -0.2) is 4.98 Å². The van der Waals surface area contributed by atoms with Crippen LogP contribution in [0.2, 0.25) is 0 Å². The van der Waals surface area contributed by atoms with E-state index in [1.807, 2.05) is 11.9 Å². The molecule has 34 heavy (non-hydrogen) atoms. The lowest BCUT2D eigenvalue weighted by atomic mass is 9.48. The molecule has 6 nitrogen and oxygen atoms in total. The standard InChI is InChI=1S/C28H36N4O2/c1-17-14-20-21-8-7-19(15-23(33)31-26-18(16-29)6-5-13-30-26)27(21,2)11-9-22(20)28(3)12-10-24(34)32(4)25(17)28/h5-6,13,19-22H,7-12,14-15H2,1-4H3,(H,30,31,33)/t19-,20+,21+,22+,27-,28-/m1/s1. The minimum atomic E-state index is -0.0365. The first kappa shape index (κ1) is 23.1. The van der Waals surface area contributed by atoms with Gasteiger partial charge in [0.25, 0.3) is 0 Å². The second-order valence-corrected chi connectivity index (χ2v) is 11.7. The Morgan fingerprint density at radius 2 is 2.06 bits per heavy atom. The van der Waals surface area contributed by atoms with Crippen LogP contribution < -0.4 is 5.32 Å². The summed E-state index contributed by atoms with van der Waals surface area (Å²) in [6.45, 7) is 7.08. The van der Waals surface area contributed by atoms with Crippen LogP contribution in [0.5, 0.6) is 0 Å². The van der Waals surface area contributed by atoms with Gasteiger partial charge >= 0.3 is 0 Å². The lowest BCUT2D eigenvalue weighted by Gasteiger charge is -2.59. The highest BCUT2D eigenvalue weighted by Gasteiger charge is 2.60. The third kappa shape index (κ3) is 3.39. The molecule has 2 saturated carbocycles. The SMILES string of the molecule is CC1=C2N(C)C(=O)CC[C@]2(C)[C@H]2CC[C@]3(C)[C@@H](CC(=O)Nc4ncccc4C#N)CC[C@H]3[C@@H]2C1. The Morgan fingerprint density at radius 3 is 2.82 bits per heavy atom. The molecule has 1 aromatic rings. The normalized spacial score (nSPS) is 36.9. The highest BCUT2D eigenvalue weighted by molar-refractivity contribution is 5.91. The van der Waals surface area contributed by atoms with E-state index in [0.717, 1.165) is 25.7 Å². The summed E-state index contributed by atoms with van der Waals surface area (Å²) in [5.74, 6) is 2.78. The molecule has 0 spiro atoms. The van der Waals surface area contributed by atoms with Crippen molar-refractivity contribution < 1.29 is 9.59 Å². The number of aromatic nitrogens is 1. The Balaban J connectivity index is 1.35. The van der Waals surface area contributed by atoms with Gasteiger partial charge in [-0.15, -0.1) is 0 Å². The van der Waals surface area contributed by atoms with E-state index in [2.05, 4.69) is 37.1 Å². The maximum absolute atomic E-state index is 13.0. The van der Waals surface area contributed by atoms with Crippen molar-refractivity contribution in [1.82, 2.24) is 9.88 Å². The number of anilines is 1. The first-order chi connectivity index (χ1) is 16.2. The Morgan fingerprint density at radius 1 is 1.26 bits per heavy atom. The minimum absolute atomic E-state index is 0.0365. The maximum Gasteiger partial charge on any atom is 0.226 e. The molecule has 180 valence electrons. The fourth-order valence-electron chi connectivity index (χ4n) is 8.55. The average molecular weight is 461 g/mol. The molecule has 0 unspecified atom stereocenters. The number of fused-ring (bicyclic) bond motifs is 5. The molecule has 1 saturated heterocycles. The van der Waals surface area contributed by atoms with E-state index in [1.165, 1.54) is 24.1 Å². The molecule has 5 rings (SSSR count). The number of nitrogens with zero attached hydrogens (tertiary/aromatic N) is 3. The summed E-state index contributed by atoms with van der Waals surface area (Å²) >= 11 is 0. The molecule has 6 atom stereocenters. The second-order valence-electron chi connectivity index (χ2n) is 11.7. The van der Waals surface area contributed by atoms with Crippen molar-refractivity contribution in [2.75, 3.05) is 12.4 Å². The van der Waals surface area contributed by atoms with E-state index in [4.69, 9.17) is 0 Å². The van der Waals surface area contributed by atoms with Gasteiger partial charge in [0.1, 0.15) is 11.9 Å². The van der Waals surface area contributed by atoms with Crippen LogP contribution in [0.4, 0.5) is 5.82 Å². The number of amides is 2. The molecule has 1 aromatic heterocycles. The van der Waals surface area contributed by atoms with Gasteiger partial charge in [-0.05, 0) is 86.7 Å². The summed E-state index contributed by atoms with van der Waals surface area (Å²) in [6, 6.07) is 5.50. The van der Waals surface area contributed by atoms with Gasteiger partial charge in [-0.3, -0.25) is 9.59 Å². The third-order valence-electron chi connectivity index (χ3n) is 10.1. The summed E-state index contributed by atoms with van der Waals surface area (Å²) < 4.78 is 0. The van der Waals surface area contributed by atoms with Crippen LogP contribution in [0, 0.1) is 45.8 Å². The van der Waals surface area contributed by atoms with E-state index in [-0.39, 0.29) is 22.6 Å². The van der Waals surface area contributed by atoms with Gasteiger partial charge in [0.05, 0.1) is 5.56 Å². The van der Waals surface area contributed by atoms with Gasteiger partial charge in [-0.2, -0.15) is 5.26 Å². The number of carbonyl (C=O) groups excluding carboxylic acids is 2. The van der Waals surface area contributed by atoms with E-state index in [1.54, 1.807) is 18.3 Å². The second kappa shape index (κ2) is 8.22. The van der Waals surface area contributed by atoms with Gasteiger partial charge in [0.15, 0.2) is 0 Å². The molecule has 4 aliphatic rings. The summed E-state index contributed by atoms with van der Waals surface area (Å²) in [6.07, 6.45) is 9.35. The quantitative estimate of drug-likeness (QED) is 0.665. The van der Waals surface area contributed by atoms with Gasteiger partial charge in [0.2, 0.25) is 11.8 Å². The van der Waals surface area contributed by atoms with Gasteiger partial charge in [-0.1, -0.05) is 19.4 Å². The third-order valence-corrected chi connectivity index (χ3v) is 10.1. The monoisotopic (exact) mass is 460 g/mol. The molecule has 6 heteroatoms. The van der Waals surface area contributed by atoms with Crippen molar-refractivity contribution in [2.45, 2.75) is 72.1 Å². The number of nitrogens with one attached hydrogen (secondary N) is 1. The topological polar surface area (TPSA) is 86.1 Å². The van der Waals surface area contributed by atoms with E-state index in [9.17, 15) is 14.9 Å². The molecule has 2 heterocycles. The molecule has 1 aliphatic heterocycles. The summed E-state index contributed by atoms with van der Waals surface area (Å²) in [5, 5.41) is 12.2. The number of piperidine rings is 1. The van der Waals surface area contributed by atoms with Crippen LogP contribution in [0.3, 0.4) is 0 Å². The summed E-state index contributed by atoms with van der Waals surface area (Å²) in [5.41, 5.74) is 3.33. The highest BCUT2D eigenvalue weighted by atomic mass is 16.2. The molecule has 2 amide bonds. The molecule has 0 radical (unpaired) electrons. The lowest BCUT2D eigenvalue weighted by Crippen LogP contribution is -2.54. The van der Waals surface area contributed by atoms with Crippen LogP contribution in [-0.4, -0.2) is 28.7 Å². The average Bonchev–Trinajstić information content (AvgIpc) is 3.13. The Bertz CT molecular complexity index is 1100. The predicted molar refractivity (Wildman–Crippen MR) is 130 cm³/mol. The molecule has 0 aromatic carbocycles. The van der Waals surface area contributed by atoms with Gasteiger partial charge < -0.3 is 10.2 Å². The number of allylic oxidation sites excluding steroid dienone is 2. The number of likely N-dealkylation sites (tertiary alicyclic amines) is 1. The zero-order chi connectivity index (χ0) is 24.3. The Labute approximate surface area is 202 Å². The molecule has 0 bridgehead atoms. The van der Waals surface area contributed by atoms with Crippen molar-refractivity contribution in [3.8, 4) is 6.07 Å². The van der Waals surface area contributed by atoms with Crippen molar-refractivity contribution in [3.05, 3.63) is 35.2 Å². The van der Waals surface area contributed by atoms with Crippen molar-refractivity contribution >= 4 is 17.6 Å². The van der Waals surface area contributed by atoms with Crippen LogP contribution in [0.25, 0.3) is 0 Å². The number of hydrogen-bond acceptors (Lipinski definition) is 4.